The van der Waals surface area contributed by atoms with Gasteiger partial charge in [-0.2, -0.15) is 0 Å². The third-order valence-corrected chi connectivity index (χ3v) is 3.46. The van der Waals surface area contributed by atoms with Gasteiger partial charge in [0.2, 0.25) is 0 Å². The first-order chi connectivity index (χ1) is 8.31. The summed E-state index contributed by atoms with van der Waals surface area (Å²) in [5, 5.41) is 0. The zero-order chi connectivity index (χ0) is 12.1. The van der Waals surface area contributed by atoms with E-state index in [1.807, 2.05) is 0 Å². The van der Waals surface area contributed by atoms with Crippen molar-refractivity contribution in [1.29, 1.82) is 0 Å². The summed E-state index contributed by atoms with van der Waals surface area (Å²) in [6.07, 6.45) is 2.19. The minimum absolute atomic E-state index is 0.0347. The lowest BCUT2D eigenvalue weighted by Crippen LogP contribution is -2.58. The van der Waals surface area contributed by atoms with Gasteiger partial charge in [-0.15, -0.1) is 0 Å². The molecule has 5 heteroatoms. The summed E-state index contributed by atoms with van der Waals surface area (Å²) in [6, 6.07) is 0.108. The average molecular weight is 245 g/mol. The number of hydrogen-bond donors (Lipinski definition) is 1. The molecule has 4 unspecified atom stereocenters. The Morgan fingerprint density at radius 2 is 2.18 bits per heavy atom. The van der Waals surface area contributed by atoms with Crippen molar-refractivity contribution in [1.82, 2.24) is 0 Å². The molecular formula is C12H23NO4. The van der Waals surface area contributed by atoms with Crippen LogP contribution in [0, 0.1) is 5.92 Å². The van der Waals surface area contributed by atoms with Crippen LogP contribution < -0.4 is 5.73 Å². The van der Waals surface area contributed by atoms with Crippen LogP contribution in [0.4, 0.5) is 0 Å². The van der Waals surface area contributed by atoms with E-state index in [1.165, 1.54) is 0 Å². The molecule has 2 fully saturated rings. The van der Waals surface area contributed by atoms with Crippen LogP contribution in [0.15, 0.2) is 0 Å². The smallest absolute Gasteiger partial charge is 0.0989 e. The molecule has 0 bridgehead atoms. The molecule has 2 N–H and O–H groups in total. The molecule has 1 saturated heterocycles. The van der Waals surface area contributed by atoms with Gasteiger partial charge in [0, 0.05) is 25.7 Å². The zero-order valence-electron chi connectivity index (χ0n) is 10.5. The predicted molar refractivity (Wildman–Crippen MR) is 62.9 cm³/mol. The summed E-state index contributed by atoms with van der Waals surface area (Å²) in [5.74, 6) is 0.548. The van der Waals surface area contributed by atoms with Gasteiger partial charge in [-0.3, -0.25) is 0 Å². The highest BCUT2D eigenvalue weighted by molar-refractivity contribution is 4.95. The molecule has 0 aromatic rings. The zero-order valence-corrected chi connectivity index (χ0v) is 10.5. The lowest BCUT2D eigenvalue weighted by atomic mass is 9.86. The second-order valence-electron chi connectivity index (χ2n) is 4.83. The Morgan fingerprint density at radius 1 is 1.29 bits per heavy atom. The minimum Gasteiger partial charge on any atom is -0.382 e. The number of ether oxygens (including phenoxy) is 4. The maximum Gasteiger partial charge on any atom is 0.0989 e. The summed E-state index contributed by atoms with van der Waals surface area (Å²) in [6.45, 7) is 3.65. The van der Waals surface area contributed by atoms with Crippen molar-refractivity contribution in [2.75, 3.05) is 40.1 Å². The van der Waals surface area contributed by atoms with Crippen LogP contribution in [0.2, 0.25) is 0 Å². The lowest BCUT2D eigenvalue weighted by Gasteiger charge is -2.42. The molecule has 0 amide bonds. The van der Waals surface area contributed by atoms with Gasteiger partial charge in [-0.1, -0.05) is 0 Å². The van der Waals surface area contributed by atoms with Crippen LogP contribution in [0.1, 0.15) is 12.8 Å². The normalized spacial score (nSPS) is 37.1. The first-order valence-electron chi connectivity index (χ1n) is 6.36. The van der Waals surface area contributed by atoms with Crippen LogP contribution in [-0.2, 0) is 18.9 Å². The molecule has 2 aliphatic rings. The summed E-state index contributed by atoms with van der Waals surface area (Å²) in [5.41, 5.74) is 5.91. The summed E-state index contributed by atoms with van der Waals surface area (Å²) in [7, 11) is 1.66. The molecule has 0 aromatic carbocycles. The van der Waals surface area contributed by atoms with E-state index in [4.69, 9.17) is 24.7 Å². The van der Waals surface area contributed by atoms with Crippen molar-refractivity contribution < 1.29 is 18.9 Å². The van der Waals surface area contributed by atoms with E-state index < -0.39 is 0 Å². The Bertz CT molecular complexity index is 221. The molecule has 0 aromatic heterocycles. The highest BCUT2D eigenvalue weighted by Gasteiger charge is 2.40. The Hall–Kier alpha value is -0.200. The van der Waals surface area contributed by atoms with E-state index in [0.29, 0.717) is 19.1 Å². The molecule has 2 rings (SSSR count). The van der Waals surface area contributed by atoms with Crippen LogP contribution in [-0.4, -0.2) is 58.4 Å². The van der Waals surface area contributed by atoms with E-state index >= 15 is 0 Å². The molecule has 1 saturated carbocycles. The van der Waals surface area contributed by atoms with Gasteiger partial charge < -0.3 is 24.7 Å². The SMILES string of the molecule is COCCOC1C(N)CC1OCC1CCOC1. The molecule has 100 valence electrons. The maximum absolute atomic E-state index is 5.91. The van der Waals surface area contributed by atoms with Gasteiger partial charge in [0.15, 0.2) is 0 Å². The van der Waals surface area contributed by atoms with Gasteiger partial charge in [0.25, 0.3) is 0 Å². The number of rotatable bonds is 7. The fourth-order valence-electron chi connectivity index (χ4n) is 2.25. The van der Waals surface area contributed by atoms with Crippen molar-refractivity contribution in [2.24, 2.45) is 11.7 Å². The Morgan fingerprint density at radius 3 is 2.82 bits per heavy atom. The third-order valence-electron chi connectivity index (χ3n) is 3.46. The monoisotopic (exact) mass is 245 g/mol. The van der Waals surface area contributed by atoms with E-state index in [0.717, 1.165) is 32.7 Å². The van der Waals surface area contributed by atoms with Gasteiger partial charge in [-0.05, 0) is 12.8 Å². The molecule has 17 heavy (non-hydrogen) atoms. The van der Waals surface area contributed by atoms with E-state index in [2.05, 4.69) is 0 Å². The first-order valence-corrected chi connectivity index (χ1v) is 6.36. The van der Waals surface area contributed by atoms with Crippen LogP contribution in [0.5, 0.6) is 0 Å². The van der Waals surface area contributed by atoms with Crippen molar-refractivity contribution >= 4 is 0 Å². The van der Waals surface area contributed by atoms with Crippen molar-refractivity contribution in [3.63, 3.8) is 0 Å². The molecule has 0 radical (unpaired) electrons. The molecule has 1 aliphatic carbocycles. The lowest BCUT2D eigenvalue weighted by molar-refractivity contribution is -0.149. The number of nitrogens with two attached hydrogens (primary N) is 1. The van der Waals surface area contributed by atoms with Gasteiger partial charge in [0.1, 0.15) is 0 Å². The Labute approximate surface area is 103 Å². The van der Waals surface area contributed by atoms with Crippen LogP contribution in [0.25, 0.3) is 0 Å². The van der Waals surface area contributed by atoms with Crippen LogP contribution >= 0.6 is 0 Å². The van der Waals surface area contributed by atoms with Crippen molar-refractivity contribution in [3.8, 4) is 0 Å². The predicted octanol–water partition coefficient (Wildman–Crippen LogP) is 0.171. The second-order valence-corrected chi connectivity index (χ2v) is 4.83. The maximum atomic E-state index is 5.91. The third kappa shape index (κ3) is 3.63. The molecule has 0 spiro atoms. The fraction of sp³-hybridized carbons (Fsp3) is 1.00. The molecule has 1 heterocycles. The summed E-state index contributed by atoms with van der Waals surface area (Å²) >= 11 is 0. The molecule has 5 nitrogen and oxygen atoms in total. The van der Waals surface area contributed by atoms with Crippen molar-refractivity contribution in [3.05, 3.63) is 0 Å². The fourth-order valence-corrected chi connectivity index (χ4v) is 2.25. The van der Waals surface area contributed by atoms with Gasteiger partial charge in [0.05, 0.1) is 38.6 Å². The van der Waals surface area contributed by atoms with E-state index in [1.54, 1.807) is 7.11 Å². The Kier molecular flexibility index (Phi) is 5.18. The highest BCUT2D eigenvalue weighted by Crippen LogP contribution is 2.27. The van der Waals surface area contributed by atoms with Gasteiger partial charge >= 0.3 is 0 Å². The van der Waals surface area contributed by atoms with E-state index in [9.17, 15) is 0 Å². The largest absolute Gasteiger partial charge is 0.382 e. The second kappa shape index (κ2) is 6.66. The van der Waals surface area contributed by atoms with E-state index in [-0.39, 0.29) is 18.2 Å². The standard InChI is InChI=1S/C12H23NO4/c1-14-4-5-16-12-10(13)6-11(12)17-8-9-2-3-15-7-9/h9-12H,2-8,13H2,1H3. The quantitative estimate of drug-likeness (QED) is 0.648. The summed E-state index contributed by atoms with van der Waals surface area (Å²) in [4.78, 5) is 0. The molecule has 4 atom stereocenters. The number of hydrogen-bond acceptors (Lipinski definition) is 5. The highest BCUT2D eigenvalue weighted by atomic mass is 16.6. The average Bonchev–Trinajstić information content (AvgIpc) is 2.83. The molecule has 1 aliphatic heterocycles. The minimum atomic E-state index is 0.0347. The summed E-state index contributed by atoms with van der Waals surface area (Å²) < 4.78 is 21.8. The topological polar surface area (TPSA) is 62.9 Å². The molecular weight excluding hydrogens is 222 g/mol. The number of methoxy groups -OCH3 is 1. The van der Waals surface area contributed by atoms with Crippen LogP contribution in [0.3, 0.4) is 0 Å². The van der Waals surface area contributed by atoms with Gasteiger partial charge in [-0.25, -0.2) is 0 Å². The first kappa shape index (κ1) is 13.2. The Balaban J connectivity index is 1.62. The van der Waals surface area contributed by atoms with Crippen molar-refractivity contribution in [2.45, 2.75) is 31.1 Å².